The van der Waals surface area contributed by atoms with Crippen molar-refractivity contribution in [1.82, 2.24) is 5.23 Å². The summed E-state index contributed by atoms with van der Waals surface area (Å²) < 4.78 is 0. The molecule has 4 nitrogen and oxygen atoms in total. The zero-order chi connectivity index (χ0) is 9.68. The Bertz CT molecular complexity index is 269. The van der Waals surface area contributed by atoms with Crippen molar-refractivity contribution in [2.45, 2.75) is 0 Å². The van der Waals surface area contributed by atoms with Crippen molar-refractivity contribution in [3.63, 3.8) is 0 Å². The second-order valence-corrected chi connectivity index (χ2v) is 2.29. The van der Waals surface area contributed by atoms with Crippen LogP contribution in [0.15, 0.2) is 30.3 Å². The molecule has 1 aromatic rings. The van der Waals surface area contributed by atoms with Crippen molar-refractivity contribution < 1.29 is 14.5 Å². The lowest BCUT2D eigenvalue weighted by Gasteiger charge is -2.15. The molecule has 0 fully saturated rings. The summed E-state index contributed by atoms with van der Waals surface area (Å²) in [7, 11) is 2.73. The van der Waals surface area contributed by atoms with E-state index in [1.54, 1.807) is 24.3 Å². The standard InChI is InChI=1S/C9H11NO3/c1-12-10(13-2)9(11)8-6-4-3-5-7-8/h3-7H,1-2H3. The molecule has 0 aromatic heterocycles. The summed E-state index contributed by atoms with van der Waals surface area (Å²) in [5, 5.41) is 0.815. The summed E-state index contributed by atoms with van der Waals surface area (Å²) in [5.74, 6) is -0.328. The molecule has 0 aliphatic rings. The molecule has 1 aromatic carbocycles. The molecule has 0 atom stereocenters. The summed E-state index contributed by atoms with van der Waals surface area (Å²) >= 11 is 0. The maximum absolute atomic E-state index is 11.5. The third kappa shape index (κ3) is 2.27. The summed E-state index contributed by atoms with van der Waals surface area (Å²) in [5.41, 5.74) is 0.520. The highest BCUT2D eigenvalue weighted by molar-refractivity contribution is 5.92. The van der Waals surface area contributed by atoms with Crippen LogP contribution in [0.4, 0.5) is 0 Å². The Morgan fingerprint density at radius 1 is 1.15 bits per heavy atom. The van der Waals surface area contributed by atoms with Gasteiger partial charge in [0.15, 0.2) is 0 Å². The van der Waals surface area contributed by atoms with Crippen molar-refractivity contribution in [3.05, 3.63) is 35.9 Å². The van der Waals surface area contributed by atoms with E-state index in [0.717, 1.165) is 5.23 Å². The number of hydroxylamine groups is 2. The van der Waals surface area contributed by atoms with Gasteiger partial charge in [-0.2, -0.15) is 0 Å². The Labute approximate surface area is 76.6 Å². The van der Waals surface area contributed by atoms with E-state index in [-0.39, 0.29) is 5.91 Å². The summed E-state index contributed by atoms with van der Waals surface area (Å²) in [6.45, 7) is 0. The van der Waals surface area contributed by atoms with Crippen molar-refractivity contribution in [3.8, 4) is 0 Å². The zero-order valence-corrected chi connectivity index (χ0v) is 7.56. The van der Waals surface area contributed by atoms with Crippen LogP contribution in [0.1, 0.15) is 10.4 Å². The highest BCUT2D eigenvalue weighted by Gasteiger charge is 2.14. The minimum atomic E-state index is -0.328. The van der Waals surface area contributed by atoms with Crippen LogP contribution in [0.2, 0.25) is 0 Å². The molecule has 1 rings (SSSR count). The molecule has 0 N–H and O–H groups in total. The lowest BCUT2D eigenvalue weighted by atomic mass is 10.2. The van der Waals surface area contributed by atoms with Gasteiger partial charge in [-0.25, -0.2) is 9.68 Å². The van der Waals surface area contributed by atoms with Gasteiger partial charge in [-0.05, 0) is 12.1 Å². The minimum Gasteiger partial charge on any atom is -0.264 e. The Hall–Kier alpha value is -1.39. The fourth-order valence-electron chi connectivity index (χ4n) is 0.926. The minimum absolute atomic E-state index is 0.328. The molecule has 0 saturated carbocycles. The van der Waals surface area contributed by atoms with Crippen LogP contribution >= 0.6 is 0 Å². The third-order valence-electron chi connectivity index (χ3n) is 1.52. The molecule has 0 aliphatic carbocycles. The Balaban J connectivity index is 2.78. The first kappa shape index (κ1) is 9.70. The molecule has 0 spiro atoms. The molecule has 0 radical (unpaired) electrons. The third-order valence-corrected chi connectivity index (χ3v) is 1.52. The first-order chi connectivity index (χ1) is 6.29. The molecule has 1 amide bonds. The van der Waals surface area contributed by atoms with Crippen LogP contribution in [-0.2, 0) is 9.68 Å². The number of amides is 1. The van der Waals surface area contributed by atoms with Gasteiger partial charge in [-0.1, -0.05) is 23.4 Å². The Morgan fingerprint density at radius 2 is 1.69 bits per heavy atom. The van der Waals surface area contributed by atoms with Crippen LogP contribution in [0, 0.1) is 0 Å². The molecule has 0 heterocycles. The van der Waals surface area contributed by atoms with E-state index < -0.39 is 0 Å². The van der Waals surface area contributed by atoms with Crippen LogP contribution in [0.5, 0.6) is 0 Å². The van der Waals surface area contributed by atoms with Gasteiger partial charge in [0.05, 0.1) is 14.2 Å². The van der Waals surface area contributed by atoms with Gasteiger partial charge in [0.1, 0.15) is 0 Å². The van der Waals surface area contributed by atoms with Crippen molar-refractivity contribution >= 4 is 5.91 Å². The number of hydrogen-bond donors (Lipinski definition) is 0. The predicted octanol–water partition coefficient (Wildman–Crippen LogP) is 1.25. The highest BCUT2D eigenvalue weighted by Crippen LogP contribution is 2.04. The first-order valence-electron chi connectivity index (χ1n) is 3.77. The van der Waals surface area contributed by atoms with Crippen LogP contribution in [0.3, 0.4) is 0 Å². The smallest absolute Gasteiger partial charge is 0.264 e. The molecule has 0 aliphatic heterocycles. The average molecular weight is 181 g/mol. The van der Waals surface area contributed by atoms with Gasteiger partial charge in [0.2, 0.25) is 0 Å². The Kier molecular flexibility index (Phi) is 3.42. The van der Waals surface area contributed by atoms with E-state index in [4.69, 9.17) is 0 Å². The van der Waals surface area contributed by atoms with Crippen molar-refractivity contribution in [2.24, 2.45) is 0 Å². The van der Waals surface area contributed by atoms with E-state index in [0.29, 0.717) is 5.56 Å². The molecule has 0 bridgehead atoms. The topological polar surface area (TPSA) is 38.8 Å². The molecule has 70 valence electrons. The lowest BCUT2D eigenvalue weighted by molar-refractivity contribution is -0.299. The van der Waals surface area contributed by atoms with Gasteiger partial charge in [0, 0.05) is 5.56 Å². The van der Waals surface area contributed by atoms with E-state index in [9.17, 15) is 4.79 Å². The fourth-order valence-corrected chi connectivity index (χ4v) is 0.926. The second-order valence-electron chi connectivity index (χ2n) is 2.29. The summed E-state index contributed by atoms with van der Waals surface area (Å²) in [6.07, 6.45) is 0. The molecule has 0 unspecified atom stereocenters. The predicted molar refractivity (Wildman–Crippen MR) is 46.6 cm³/mol. The van der Waals surface area contributed by atoms with Crippen molar-refractivity contribution in [2.75, 3.05) is 14.2 Å². The molecule has 4 heteroatoms. The van der Waals surface area contributed by atoms with Gasteiger partial charge >= 0.3 is 5.91 Å². The fraction of sp³-hybridized carbons (Fsp3) is 0.222. The quantitative estimate of drug-likeness (QED) is 0.659. The molecular weight excluding hydrogens is 170 g/mol. The average Bonchev–Trinajstić information content (AvgIpc) is 2.21. The maximum Gasteiger partial charge on any atom is 0.303 e. The monoisotopic (exact) mass is 181 g/mol. The van der Waals surface area contributed by atoms with Gasteiger partial charge in [-0.3, -0.25) is 4.79 Å². The lowest BCUT2D eigenvalue weighted by Crippen LogP contribution is -2.28. The second kappa shape index (κ2) is 4.59. The van der Waals surface area contributed by atoms with Crippen LogP contribution in [-0.4, -0.2) is 25.4 Å². The maximum atomic E-state index is 11.5. The SMILES string of the molecule is CON(OC)C(=O)c1ccccc1. The van der Waals surface area contributed by atoms with E-state index in [2.05, 4.69) is 9.68 Å². The summed E-state index contributed by atoms with van der Waals surface area (Å²) in [4.78, 5) is 20.8. The Morgan fingerprint density at radius 3 is 2.15 bits per heavy atom. The van der Waals surface area contributed by atoms with Gasteiger partial charge in [-0.15, -0.1) is 0 Å². The summed E-state index contributed by atoms with van der Waals surface area (Å²) in [6, 6.07) is 8.76. The van der Waals surface area contributed by atoms with E-state index in [1.807, 2.05) is 6.07 Å². The highest BCUT2D eigenvalue weighted by atomic mass is 16.9. The van der Waals surface area contributed by atoms with Crippen LogP contribution < -0.4 is 0 Å². The number of hydrogen-bond acceptors (Lipinski definition) is 3. The largest absolute Gasteiger partial charge is 0.303 e. The number of carbonyl (C=O) groups excluding carboxylic acids is 1. The number of benzene rings is 1. The zero-order valence-electron chi connectivity index (χ0n) is 7.56. The van der Waals surface area contributed by atoms with Crippen LogP contribution in [0.25, 0.3) is 0 Å². The molecule has 13 heavy (non-hydrogen) atoms. The number of nitrogens with zero attached hydrogens (tertiary/aromatic N) is 1. The molecular formula is C9H11NO3. The van der Waals surface area contributed by atoms with Crippen molar-refractivity contribution in [1.29, 1.82) is 0 Å². The van der Waals surface area contributed by atoms with Gasteiger partial charge < -0.3 is 0 Å². The first-order valence-corrected chi connectivity index (χ1v) is 3.77. The normalized spacial score (nSPS) is 9.69. The number of carbonyl (C=O) groups is 1. The van der Waals surface area contributed by atoms with Gasteiger partial charge in [0.25, 0.3) is 0 Å². The number of rotatable bonds is 3. The molecule has 0 saturated heterocycles. The van der Waals surface area contributed by atoms with E-state index >= 15 is 0 Å². The van der Waals surface area contributed by atoms with E-state index in [1.165, 1.54) is 14.2 Å².